The van der Waals surface area contributed by atoms with Crippen molar-refractivity contribution in [1.29, 1.82) is 0 Å². The molecule has 2 saturated heterocycles. The van der Waals surface area contributed by atoms with E-state index < -0.39 is 0 Å². The molecule has 0 radical (unpaired) electrons. The van der Waals surface area contributed by atoms with Gasteiger partial charge in [0.2, 0.25) is 17.7 Å². The summed E-state index contributed by atoms with van der Waals surface area (Å²) in [5, 5.41) is 10.6. The van der Waals surface area contributed by atoms with E-state index in [0.29, 0.717) is 29.1 Å². The first-order chi connectivity index (χ1) is 11.7. The lowest BCUT2D eigenvalue weighted by Crippen LogP contribution is -2.41. The standard InChI is InChI=1S/C17H22N6O/c1-18-9-17-7-12(8-17)23(10-17)16-19-5-4-14(20-16)24-15-6-13(21-22-15)11-2-3-11/h4-6,11-12,18H,2-3,7-10H2,1H3,(H,21,22). The van der Waals surface area contributed by atoms with Crippen LogP contribution < -0.4 is 15.0 Å². The van der Waals surface area contributed by atoms with E-state index in [9.17, 15) is 0 Å². The lowest BCUT2D eigenvalue weighted by Gasteiger charge is -2.36. The fraction of sp³-hybridized carbons (Fsp3) is 0.588. The quantitative estimate of drug-likeness (QED) is 0.846. The summed E-state index contributed by atoms with van der Waals surface area (Å²) in [4.78, 5) is 11.4. The van der Waals surface area contributed by atoms with E-state index in [1.165, 1.54) is 25.7 Å². The van der Waals surface area contributed by atoms with Crippen LogP contribution in [0.25, 0.3) is 0 Å². The number of rotatable bonds is 6. The predicted molar refractivity (Wildman–Crippen MR) is 89.4 cm³/mol. The van der Waals surface area contributed by atoms with Crippen molar-refractivity contribution in [1.82, 2.24) is 25.5 Å². The minimum Gasteiger partial charge on any atom is -0.419 e. The van der Waals surface area contributed by atoms with Gasteiger partial charge < -0.3 is 15.0 Å². The number of aromatic amines is 1. The molecule has 4 heterocycles. The number of hydrogen-bond donors (Lipinski definition) is 2. The van der Waals surface area contributed by atoms with Crippen molar-refractivity contribution < 1.29 is 4.74 Å². The largest absolute Gasteiger partial charge is 0.419 e. The fourth-order valence-corrected chi connectivity index (χ4v) is 4.20. The van der Waals surface area contributed by atoms with Crippen molar-refractivity contribution in [2.45, 2.75) is 37.6 Å². The van der Waals surface area contributed by atoms with Gasteiger partial charge in [-0.15, -0.1) is 5.10 Å². The first-order valence-corrected chi connectivity index (χ1v) is 8.72. The highest BCUT2D eigenvalue weighted by molar-refractivity contribution is 5.41. The smallest absolute Gasteiger partial charge is 0.240 e. The predicted octanol–water partition coefficient (Wildman–Crippen LogP) is 2.06. The van der Waals surface area contributed by atoms with Crippen molar-refractivity contribution in [3.8, 4) is 11.8 Å². The average Bonchev–Trinajstić information content (AvgIpc) is 3.04. The lowest BCUT2D eigenvalue weighted by atomic mass is 9.70. The summed E-state index contributed by atoms with van der Waals surface area (Å²) in [5.41, 5.74) is 1.56. The molecule has 2 aromatic heterocycles. The Hall–Kier alpha value is -2.15. The van der Waals surface area contributed by atoms with Crippen molar-refractivity contribution in [2.75, 3.05) is 25.0 Å². The molecule has 4 fully saturated rings. The number of aromatic nitrogens is 4. The number of fused-ring (bicyclic) bond motifs is 1. The zero-order chi connectivity index (χ0) is 16.1. The number of anilines is 1. The van der Waals surface area contributed by atoms with Gasteiger partial charge in [0.25, 0.3) is 0 Å². The molecule has 7 heteroatoms. The van der Waals surface area contributed by atoms with Gasteiger partial charge in [0, 0.05) is 54.5 Å². The Balaban J connectivity index is 1.31. The maximum Gasteiger partial charge on any atom is 0.240 e. The Morgan fingerprint density at radius 2 is 2.25 bits per heavy atom. The highest BCUT2D eigenvalue weighted by Gasteiger charge is 2.55. The van der Waals surface area contributed by atoms with Crippen molar-refractivity contribution in [3.63, 3.8) is 0 Å². The monoisotopic (exact) mass is 326 g/mol. The van der Waals surface area contributed by atoms with E-state index in [0.717, 1.165) is 24.7 Å². The van der Waals surface area contributed by atoms with Crippen LogP contribution in [0, 0.1) is 5.41 Å². The second-order valence-electron chi connectivity index (χ2n) is 7.45. The SMILES string of the molecule is CNCC12CC(C1)N(c1nccc(Oc3cc(C4CC4)[nH]n3)n1)C2. The van der Waals surface area contributed by atoms with Crippen LogP contribution in [0.3, 0.4) is 0 Å². The molecule has 2 aliphatic heterocycles. The molecular formula is C17H22N6O. The number of hydrogen-bond acceptors (Lipinski definition) is 6. The average molecular weight is 326 g/mol. The highest BCUT2D eigenvalue weighted by Crippen LogP contribution is 2.52. The normalized spacial score (nSPS) is 28.0. The molecule has 4 aliphatic rings. The molecule has 6 rings (SSSR count). The van der Waals surface area contributed by atoms with Gasteiger partial charge in [-0.3, -0.25) is 5.10 Å². The number of H-pyrrole nitrogens is 1. The second-order valence-corrected chi connectivity index (χ2v) is 7.45. The third-order valence-electron chi connectivity index (χ3n) is 5.51. The maximum atomic E-state index is 5.83. The Labute approximate surface area is 140 Å². The van der Waals surface area contributed by atoms with E-state index in [4.69, 9.17) is 4.74 Å². The molecule has 0 unspecified atom stereocenters. The van der Waals surface area contributed by atoms with E-state index in [2.05, 4.69) is 30.4 Å². The first-order valence-electron chi connectivity index (χ1n) is 8.72. The number of ether oxygens (including phenoxy) is 1. The molecule has 2 bridgehead atoms. The minimum absolute atomic E-state index is 0.404. The molecule has 7 nitrogen and oxygen atoms in total. The third kappa shape index (κ3) is 2.34. The minimum atomic E-state index is 0.404. The van der Waals surface area contributed by atoms with E-state index in [1.807, 2.05) is 13.1 Å². The molecular weight excluding hydrogens is 304 g/mol. The zero-order valence-corrected chi connectivity index (χ0v) is 13.8. The van der Waals surface area contributed by atoms with Crippen LogP contribution in [0.15, 0.2) is 18.3 Å². The van der Waals surface area contributed by atoms with Gasteiger partial charge >= 0.3 is 0 Å². The lowest BCUT2D eigenvalue weighted by molar-refractivity contribution is 0.196. The van der Waals surface area contributed by atoms with Gasteiger partial charge in [0.15, 0.2) is 0 Å². The van der Waals surface area contributed by atoms with Crippen LogP contribution in [0.2, 0.25) is 0 Å². The second kappa shape index (κ2) is 5.17. The summed E-state index contributed by atoms with van der Waals surface area (Å²) in [6.45, 7) is 2.09. The van der Waals surface area contributed by atoms with Gasteiger partial charge in [0.05, 0.1) is 0 Å². The van der Waals surface area contributed by atoms with Gasteiger partial charge in [-0.25, -0.2) is 4.98 Å². The third-order valence-corrected chi connectivity index (χ3v) is 5.51. The van der Waals surface area contributed by atoms with Gasteiger partial charge in [-0.05, 0) is 32.7 Å². The van der Waals surface area contributed by atoms with E-state index in [-0.39, 0.29) is 0 Å². The van der Waals surface area contributed by atoms with Crippen molar-refractivity contribution in [3.05, 3.63) is 24.0 Å². The highest BCUT2D eigenvalue weighted by atomic mass is 16.5. The van der Waals surface area contributed by atoms with Gasteiger partial charge in [-0.1, -0.05) is 0 Å². The molecule has 126 valence electrons. The van der Waals surface area contributed by atoms with Crippen molar-refractivity contribution in [2.24, 2.45) is 5.41 Å². The topological polar surface area (TPSA) is 79.0 Å². The number of nitrogens with one attached hydrogen (secondary N) is 2. The summed E-state index contributed by atoms with van der Waals surface area (Å²) in [6.07, 6.45) is 6.71. The Morgan fingerprint density at radius 3 is 3.04 bits per heavy atom. The Kier molecular flexibility index (Phi) is 3.06. The molecule has 0 amide bonds. The summed E-state index contributed by atoms with van der Waals surface area (Å²) in [7, 11) is 2.02. The van der Waals surface area contributed by atoms with E-state index in [1.54, 1.807) is 12.3 Å². The van der Waals surface area contributed by atoms with Crippen LogP contribution >= 0.6 is 0 Å². The molecule has 0 aromatic carbocycles. The molecule has 0 spiro atoms. The zero-order valence-electron chi connectivity index (χ0n) is 13.8. The maximum absolute atomic E-state index is 5.83. The van der Waals surface area contributed by atoms with Crippen LogP contribution in [0.1, 0.15) is 37.3 Å². The van der Waals surface area contributed by atoms with Crippen molar-refractivity contribution >= 4 is 5.95 Å². The summed E-state index contributed by atoms with van der Waals surface area (Å²) in [5.74, 6) is 2.54. The Morgan fingerprint density at radius 1 is 1.38 bits per heavy atom. The first kappa shape index (κ1) is 14.2. The molecule has 2 saturated carbocycles. The van der Waals surface area contributed by atoms with Crippen LogP contribution in [0.4, 0.5) is 5.95 Å². The molecule has 24 heavy (non-hydrogen) atoms. The van der Waals surface area contributed by atoms with E-state index >= 15 is 0 Å². The molecule has 2 N–H and O–H groups in total. The summed E-state index contributed by atoms with van der Waals surface area (Å²) in [6, 6.07) is 4.34. The van der Waals surface area contributed by atoms with Gasteiger partial charge in [-0.2, -0.15) is 4.98 Å². The fourth-order valence-electron chi connectivity index (χ4n) is 4.20. The molecule has 2 aromatic rings. The number of nitrogens with zero attached hydrogens (tertiary/aromatic N) is 4. The van der Waals surface area contributed by atoms with Crippen LogP contribution in [-0.2, 0) is 0 Å². The van der Waals surface area contributed by atoms with Crippen LogP contribution in [0.5, 0.6) is 11.8 Å². The Bertz CT molecular complexity index is 749. The molecule has 0 atom stereocenters. The van der Waals surface area contributed by atoms with Crippen LogP contribution in [-0.4, -0.2) is 46.3 Å². The summed E-state index contributed by atoms with van der Waals surface area (Å²) >= 11 is 0. The molecule has 2 aliphatic carbocycles. The van der Waals surface area contributed by atoms with Gasteiger partial charge in [0.1, 0.15) is 0 Å². The summed E-state index contributed by atoms with van der Waals surface area (Å²) < 4.78 is 5.83.